The second kappa shape index (κ2) is 13.2. The Morgan fingerprint density at radius 1 is 1.22 bits per heavy atom. The molecule has 2 N–H and O–H groups in total. The van der Waals surface area contributed by atoms with Gasteiger partial charge in [0, 0.05) is 21.8 Å². The Labute approximate surface area is 198 Å². The van der Waals surface area contributed by atoms with E-state index in [2.05, 4.69) is 9.89 Å². The van der Waals surface area contributed by atoms with Crippen molar-refractivity contribution in [3.63, 3.8) is 0 Å². The van der Waals surface area contributed by atoms with Crippen LogP contribution in [0.4, 0.5) is 0 Å². The highest BCUT2D eigenvalue weighted by atomic mass is 35.5. The van der Waals surface area contributed by atoms with Crippen molar-refractivity contribution in [1.82, 2.24) is 0 Å². The fraction of sp³-hybridized carbons (Fsp3) is 0.417. The molecule has 0 fully saturated rings. The van der Waals surface area contributed by atoms with Crippen LogP contribution in [0.15, 0.2) is 40.4 Å². The lowest BCUT2D eigenvalue weighted by molar-refractivity contribution is -0.139. The lowest BCUT2D eigenvalue weighted by atomic mass is 9.99. The quantitative estimate of drug-likeness (QED) is 0.0989. The number of halogens is 1. The smallest absolute Gasteiger partial charge is 0.309 e. The van der Waals surface area contributed by atoms with E-state index in [9.17, 15) is 15.1 Å². The predicted molar refractivity (Wildman–Crippen MR) is 129 cm³/mol. The number of carbonyl (C=O) groups is 1. The summed E-state index contributed by atoms with van der Waals surface area (Å²) >= 11 is 7.97. The zero-order valence-electron chi connectivity index (χ0n) is 18.7. The molecule has 0 aromatic heterocycles. The average Bonchev–Trinajstić information content (AvgIpc) is 2.78. The molecule has 0 amide bonds. The van der Waals surface area contributed by atoms with Gasteiger partial charge in [0.15, 0.2) is 0 Å². The maximum Gasteiger partial charge on any atom is 0.309 e. The van der Waals surface area contributed by atoms with E-state index in [1.807, 2.05) is 32.0 Å². The van der Waals surface area contributed by atoms with Crippen LogP contribution in [0.1, 0.15) is 49.8 Å². The first-order chi connectivity index (χ1) is 15.4. The van der Waals surface area contributed by atoms with E-state index < -0.39 is 0 Å². The number of carbonyl (C=O) groups excluding carboxylic acids is 1. The van der Waals surface area contributed by atoms with Crippen LogP contribution < -0.4 is 4.74 Å². The standard InChI is InChI=1S/C24H30ClNO5S/c1-4-7-18-21(10-9-17(24(18)28)20(5-2)26-29)31-12-6-13-32-22-11-8-16(14-19(22)25)15-23(27)30-3/h8-11,14,28-29H,4-7,12-13,15H2,1-3H3. The molecule has 2 rings (SSSR count). The van der Waals surface area contributed by atoms with Crippen LogP contribution in [-0.4, -0.2) is 41.5 Å². The molecule has 32 heavy (non-hydrogen) atoms. The average molecular weight is 480 g/mol. The highest BCUT2D eigenvalue weighted by Gasteiger charge is 2.16. The van der Waals surface area contributed by atoms with Crippen LogP contribution in [0.25, 0.3) is 0 Å². The number of phenolic OH excluding ortho intramolecular Hbond substituents is 1. The SMILES string of the molecule is CCCc1c(OCCCSc2ccc(CC(=O)OC)cc2Cl)ccc(C(CC)=NO)c1O. The second-order valence-electron chi connectivity index (χ2n) is 7.16. The van der Waals surface area contributed by atoms with Gasteiger partial charge in [-0.1, -0.05) is 43.1 Å². The van der Waals surface area contributed by atoms with Gasteiger partial charge in [-0.2, -0.15) is 0 Å². The first-order valence-corrected chi connectivity index (χ1v) is 12.0. The van der Waals surface area contributed by atoms with E-state index in [-0.39, 0.29) is 18.1 Å². The largest absolute Gasteiger partial charge is 0.507 e. The van der Waals surface area contributed by atoms with Crippen LogP contribution in [-0.2, 0) is 22.4 Å². The van der Waals surface area contributed by atoms with Gasteiger partial charge in [0.2, 0.25) is 0 Å². The van der Waals surface area contributed by atoms with Crippen molar-refractivity contribution in [2.24, 2.45) is 5.16 Å². The number of ether oxygens (including phenoxy) is 2. The molecule has 0 heterocycles. The van der Waals surface area contributed by atoms with Crippen LogP contribution in [0.3, 0.4) is 0 Å². The Hall–Kier alpha value is -2.38. The second-order valence-corrected chi connectivity index (χ2v) is 8.70. The topological polar surface area (TPSA) is 88.4 Å². The highest BCUT2D eigenvalue weighted by molar-refractivity contribution is 7.99. The van der Waals surface area contributed by atoms with Gasteiger partial charge >= 0.3 is 5.97 Å². The molecule has 0 atom stereocenters. The first kappa shape index (κ1) is 25.9. The molecule has 6 nitrogen and oxygen atoms in total. The van der Waals surface area contributed by atoms with Crippen molar-refractivity contribution < 1.29 is 24.6 Å². The summed E-state index contributed by atoms with van der Waals surface area (Å²) in [5.74, 6) is 1.28. The number of rotatable bonds is 12. The van der Waals surface area contributed by atoms with Crippen molar-refractivity contribution in [3.8, 4) is 11.5 Å². The molecule has 0 aliphatic heterocycles. The van der Waals surface area contributed by atoms with Crippen LogP contribution >= 0.6 is 23.4 Å². The normalized spacial score (nSPS) is 11.4. The third-order valence-electron chi connectivity index (χ3n) is 4.88. The van der Waals surface area contributed by atoms with Crippen molar-refractivity contribution in [2.75, 3.05) is 19.5 Å². The fourth-order valence-corrected chi connectivity index (χ4v) is 4.44. The Balaban J connectivity index is 1.94. The van der Waals surface area contributed by atoms with Gasteiger partial charge in [0.05, 0.1) is 30.9 Å². The summed E-state index contributed by atoms with van der Waals surface area (Å²) in [7, 11) is 1.36. The van der Waals surface area contributed by atoms with Crippen molar-refractivity contribution in [3.05, 3.63) is 52.0 Å². The molecule has 0 aliphatic carbocycles. The molecule has 0 saturated heterocycles. The molecule has 0 saturated carbocycles. The van der Waals surface area contributed by atoms with Crippen molar-refractivity contribution in [1.29, 1.82) is 0 Å². The number of nitrogens with zero attached hydrogens (tertiary/aromatic N) is 1. The molecular weight excluding hydrogens is 450 g/mol. The van der Waals surface area contributed by atoms with Gasteiger partial charge in [-0.15, -0.1) is 11.8 Å². The monoisotopic (exact) mass is 479 g/mol. The van der Waals surface area contributed by atoms with Crippen LogP contribution in [0, 0.1) is 0 Å². The third kappa shape index (κ3) is 7.07. The fourth-order valence-electron chi connectivity index (χ4n) is 3.23. The van der Waals surface area contributed by atoms with E-state index in [1.165, 1.54) is 7.11 Å². The maximum absolute atomic E-state index is 11.4. The summed E-state index contributed by atoms with van der Waals surface area (Å²) in [6.45, 7) is 4.40. The number of esters is 1. The van der Waals surface area contributed by atoms with Crippen LogP contribution in [0.2, 0.25) is 5.02 Å². The number of aromatic hydroxyl groups is 1. The molecule has 0 unspecified atom stereocenters. The Bertz CT molecular complexity index is 948. The van der Waals surface area contributed by atoms with Gasteiger partial charge in [0.25, 0.3) is 0 Å². The lowest BCUT2D eigenvalue weighted by Gasteiger charge is -2.16. The van der Waals surface area contributed by atoms with Gasteiger partial charge < -0.3 is 19.8 Å². The predicted octanol–water partition coefficient (Wildman–Crippen LogP) is 5.86. The number of benzene rings is 2. The van der Waals surface area contributed by atoms with E-state index in [0.29, 0.717) is 41.5 Å². The number of hydrogen-bond acceptors (Lipinski definition) is 7. The van der Waals surface area contributed by atoms with Gasteiger partial charge in [-0.3, -0.25) is 4.79 Å². The van der Waals surface area contributed by atoms with Crippen LogP contribution in [0.5, 0.6) is 11.5 Å². The molecule has 0 radical (unpaired) electrons. The molecule has 0 bridgehead atoms. The molecule has 2 aromatic rings. The maximum atomic E-state index is 11.4. The number of methoxy groups -OCH3 is 1. The summed E-state index contributed by atoms with van der Waals surface area (Å²) in [5, 5.41) is 23.8. The van der Waals surface area contributed by atoms with Crippen molar-refractivity contribution in [2.45, 2.75) is 50.8 Å². The summed E-state index contributed by atoms with van der Waals surface area (Å²) < 4.78 is 10.6. The molecule has 2 aromatic carbocycles. The summed E-state index contributed by atoms with van der Waals surface area (Å²) in [4.78, 5) is 12.3. The summed E-state index contributed by atoms with van der Waals surface area (Å²) in [6, 6.07) is 9.14. The summed E-state index contributed by atoms with van der Waals surface area (Å²) in [5.41, 5.74) is 2.53. The van der Waals surface area contributed by atoms with Gasteiger partial charge in [-0.25, -0.2) is 0 Å². The van der Waals surface area contributed by atoms with Gasteiger partial charge in [-0.05, 0) is 49.1 Å². The minimum absolute atomic E-state index is 0.118. The zero-order chi connectivity index (χ0) is 23.5. The Morgan fingerprint density at radius 2 is 2.00 bits per heavy atom. The van der Waals surface area contributed by atoms with E-state index >= 15 is 0 Å². The molecular formula is C24H30ClNO5S. The number of oxime groups is 1. The van der Waals surface area contributed by atoms with E-state index in [1.54, 1.807) is 23.9 Å². The third-order valence-corrected chi connectivity index (χ3v) is 6.47. The number of phenols is 1. The number of hydrogen-bond donors (Lipinski definition) is 2. The lowest BCUT2D eigenvalue weighted by Crippen LogP contribution is -2.06. The molecule has 0 spiro atoms. The van der Waals surface area contributed by atoms with Crippen molar-refractivity contribution >= 4 is 35.0 Å². The van der Waals surface area contributed by atoms with Gasteiger partial charge in [0.1, 0.15) is 11.5 Å². The highest BCUT2D eigenvalue weighted by Crippen LogP contribution is 2.34. The molecule has 174 valence electrons. The number of thioether (sulfide) groups is 1. The molecule has 8 heteroatoms. The van der Waals surface area contributed by atoms with E-state index in [4.69, 9.17) is 16.3 Å². The Kier molecular flexibility index (Phi) is 10.7. The Morgan fingerprint density at radius 3 is 2.62 bits per heavy atom. The van der Waals surface area contributed by atoms with E-state index in [0.717, 1.165) is 34.6 Å². The first-order valence-electron chi connectivity index (χ1n) is 10.6. The zero-order valence-corrected chi connectivity index (χ0v) is 20.3. The molecule has 0 aliphatic rings. The minimum Gasteiger partial charge on any atom is -0.507 e. The minimum atomic E-state index is -0.297. The summed E-state index contributed by atoms with van der Waals surface area (Å²) in [6.07, 6.45) is 3.02.